The number of aryl methyl sites for hydroxylation is 1. The van der Waals surface area contributed by atoms with Crippen LogP contribution in [0.1, 0.15) is 22.2 Å². The van der Waals surface area contributed by atoms with Crippen LogP contribution in [0.15, 0.2) is 35.7 Å². The van der Waals surface area contributed by atoms with E-state index in [1.807, 2.05) is 42.6 Å². The Hall–Kier alpha value is -2.14. The Morgan fingerprint density at radius 3 is 2.45 bits per heavy atom. The smallest absolute Gasteiger partial charge is 0.349 e. The predicted molar refractivity (Wildman–Crippen MR) is 78.6 cm³/mol. The number of nitrogens with two attached hydrogens (primary N) is 1. The van der Waals surface area contributed by atoms with Gasteiger partial charge in [-0.3, -0.25) is 4.79 Å². The van der Waals surface area contributed by atoms with Crippen LogP contribution in [0.3, 0.4) is 0 Å². The maximum absolute atomic E-state index is 12.1. The van der Waals surface area contributed by atoms with E-state index in [0.29, 0.717) is 4.88 Å². The van der Waals surface area contributed by atoms with E-state index in [2.05, 4.69) is 0 Å². The number of esters is 1. The summed E-state index contributed by atoms with van der Waals surface area (Å²) in [5, 5.41) is 1.82. The Morgan fingerprint density at radius 2 is 1.85 bits per heavy atom. The summed E-state index contributed by atoms with van der Waals surface area (Å²) in [6, 6.07) is 9.72. The summed E-state index contributed by atoms with van der Waals surface area (Å²) in [5.41, 5.74) is 7.98. The lowest BCUT2D eigenvalue weighted by molar-refractivity contribution is -0.125. The largest absolute Gasteiger partial charge is 0.448 e. The van der Waals surface area contributed by atoms with Crippen LogP contribution < -0.4 is 5.73 Å². The molecular formula is C15H15NO3S. The highest BCUT2D eigenvalue weighted by Crippen LogP contribution is 2.29. The van der Waals surface area contributed by atoms with Crippen molar-refractivity contribution in [3.8, 4) is 11.1 Å². The Morgan fingerprint density at radius 1 is 1.20 bits per heavy atom. The van der Waals surface area contributed by atoms with Gasteiger partial charge < -0.3 is 10.5 Å². The van der Waals surface area contributed by atoms with Crippen molar-refractivity contribution < 1.29 is 14.3 Å². The van der Waals surface area contributed by atoms with Crippen molar-refractivity contribution in [1.82, 2.24) is 0 Å². The van der Waals surface area contributed by atoms with E-state index >= 15 is 0 Å². The summed E-state index contributed by atoms with van der Waals surface area (Å²) in [6.07, 6.45) is -0.935. The molecule has 0 unspecified atom stereocenters. The molecule has 20 heavy (non-hydrogen) atoms. The fourth-order valence-electron chi connectivity index (χ4n) is 1.70. The summed E-state index contributed by atoms with van der Waals surface area (Å²) in [5.74, 6) is -1.19. The number of hydrogen-bond donors (Lipinski definition) is 1. The Bertz CT molecular complexity index is 631. The van der Waals surface area contributed by atoms with E-state index < -0.39 is 18.0 Å². The van der Waals surface area contributed by atoms with E-state index in [0.717, 1.165) is 16.7 Å². The van der Waals surface area contributed by atoms with Crippen molar-refractivity contribution in [2.75, 3.05) is 0 Å². The monoisotopic (exact) mass is 289 g/mol. The first-order valence-corrected chi connectivity index (χ1v) is 7.02. The minimum Gasteiger partial charge on any atom is -0.448 e. The van der Waals surface area contributed by atoms with Gasteiger partial charge in [-0.15, -0.1) is 11.3 Å². The minimum atomic E-state index is -0.935. The lowest BCUT2D eigenvalue weighted by Gasteiger charge is -2.10. The molecule has 1 atom stereocenters. The predicted octanol–water partition coefficient (Wildman–Crippen LogP) is 2.75. The quantitative estimate of drug-likeness (QED) is 0.880. The summed E-state index contributed by atoms with van der Waals surface area (Å²) in [6.45, 7) is 3.46. The van der Waals surface area contributed by atoms with Crippen molar-refractivity contribution >= 4 is 23.2 Å². The van der Waals surface area contributed by atoms with Gasteiger partial charge in [0.2, 0.25) is 0 Å². The van der Waals surface area contributed by atoms with Gasteiger partial charge in [0.25, 0.3) is 5.91 Å². The van der Waals surface area contributed by atoms with Gasteiger partial charge in [-0.25, -0.2) is 4.79 Å². The number of benzene rings is 1. The minimum absolute atomic E-state index is 0.474. The van der Waals surface area contributed by atoms with Crippen LogP contribution in [-0.4, -0.2) is 18.0 Å². The average molecular weight is 289 g/mol. The Kier molecular flexibility index (Phi) is 4.20. The summed E-state index contributed by atoms with van der Waals surface area (Å²) in [4.78, 5) is 23.5. The fourth-order valence-corrected chi connectivity index (χ4v) is 2.50. The molecule has 0 aliphatic rings. The molecule has 1 aromatic heterocycles. The lowest BCUT2D eigenvalue weighted by Crippen LogP contribution is -2.30. The third-order valence-corrected chi connectivity index (χ3v) is 3.79. The zero-order valence-electron chi connectivity index (χ0n) is 11.3. The molecule has 0 aliphatic carbocycles. The first-order chi connectivity index (χ1) is 9.49. The summed E-state index contributed by atoms with van der Waals surface area (Å²) in [7, 11) is 0. The van der Waals surface area contributed by atoms with Gasteiger partial charge in [0.1, 0.15) is 4.88 Å². The average Bonchev–Trinajstić information content (AvgIpc) is 2.88. The van der Waals surface area contributed by atoms with Crippen LogP contribution in [0.5, 0.6) is 0 Å². The molecular weight excluding hydrogens is 274 g/mol. The van der Waals surface area contributed by atoms with Gasteiger partial charge in [0.05, 0.1) is 0 Å². The summed E-state index contributed by atoms with van der Waals surface area (Å²) >= 11 is 1.28. The van der Waals surface area contributed by atoms with Crippen LogP contribution in [0, 0.1) is 6.92 Å². The molecule has 1 amide bonds. The number of carbonyl (C=O) groups excluding carboxylic acids is 2. The number of primary amides is 1. The first kappa shape index (κ1) is 14.3. The van der Waals surface area contributed by atoms with Crippen molar-refractivity contribution in [3.63, 3.8) is 0 Å². The third kappa shape index (κ3) is 3.05. The fraction of sp³-hybridized carbons (Fsp3) is 0.200. The van der Waals surface area contributed by atoms with E-state index in [1.54, 1.807) is 0 Å². The van der Waals surface area contributed by atoms with Crippen LogP contribution in [0.4, 0.5) is 0 Å². The van der Waals surface area contributed by atoms with Gasteiger partial charge >= 0.3 is 5.97 Å². The maximum atomic E-state index is 12.1. The number of thiophene rings is 1. The maximum Gasteiger partial charge on any atom is 0.349 e. The SMILES string of the molecule is Cc1ccc(-c2ccsc2C(=O)O[C@@H](C)C(N)=O)cc1. The van der Waals surface area contributed by atoms with Gasteiger partial charge in [0.15, 0.2) is 6.10 Å². The van der Waals surface area contributed by atoms with Crippen LogP contribution in [0.2, 0.25) is 0 Å². The molecule has 2 N–H and O–H groups in total. The van der Waals surface area contributed by atoms with E-state index in [4.69, 9.17) is 10.5 Å². The number of hydrogen-bond acceptors (Lipinski definition) is 4. The van der Waals surface area contributed by atoms with Crippen molar-refractivity contribution in [2.45, 2.75) is 20.0 Å². The molecule has 0 radical (unpaired) electrons. The van der Waals surface area contributed by atoms with Gasteiger partial charge in [0, 0.05) is 5.56 Å². The second kappa shape index (κ2) is 5.88. The van der Waals surface area contributed by atoms with Crippen molar-refractivity contribution in [1.29, 1.82) is 0 Å². The first-order valence-electron chi connectivity index (χ1n) is 6.14. The molecule has 0 spiro atoms. The topological polar surface area (TPSA) is 69.4 Å². The van der Waals surface area contributed by atoms with Gasteiger partial charge in [-0.1, -0.05) is 29.8 Å². The summed E-state index contributed by atoms with van der Waals surface area (Å²) < 4.78 is 5.04. The van der Waals surface area contributed by atoms with E-state index in [1.165, 1.54) is 18.3 Å². The van der Waals surface area contributed by atoms with Crippen LogP contribution >= 0.6 is 11.3 Å². The number of rotatable bonds is 4. The van der Waals surface area contributed by atoms with Gasteiger partial charge in [-0.2, -0.15) is 0 Å². The standard InChI is InChI=1S/C15H15NO3S/c1-9-3-5-11(6-4-9)12-7-8-20-13(12)15(18)19-10(2)14(16)17/h3-8,10H,1-2H3,(H2,16,17)/t10-/m0/s1. The highest BCUT2D eigenvalue weighted by Gasteiger charge is 2.20. The zero-order valence-corrected chi connectivity index (χ0v) is 12.1. The highest BCUT2D eigenvalue weighted by molar-refractivity contribution is 7.12. The molecule has 4 nitrogen and oxygen atoms in total. The number of amides is 1. The molecule has 5 heteroatoms. The lowest BCUT2D eigenvalue weighted by atomic mass is 10.1. The normalized spacial score (nSPS) is 11.9. The van der Waals surface area contributed by atoms with E-state index in [-0.39, 0.29) is 0 Å². The van der Waals surface area contributed by atoms with Crippen LogP contribution in [-0.2, 0) is 9.53 Å². The molecule has 104 valence electrons. The third-order valence-electron chi connectivity index (χ3n) is 2.90. The number of ether oxygens (including phenoxy) is 1. The molecule has 0 saturated carbocycles. The van der Waals surface area contributed by atoms with E-state index in [9.17, 15) is 9.59 Å². The second-order valence-electron chi connectivity index (χ2n) is 4.48. The Labute approximate surface area is 121 Å². The molecule has 0 fully saturated rings. The molecule has 0 aliphatic heterocycles. The van der Waals surface area contributed by atoms with Crippen LogP contribution in [0.25, 0.3) is 11.1 Å². The molecule has 2 rings (SSSR count). The van der Waals surface area contributed by atoms with Gasteiger partial charge in [-0.05, 0) is 30.9 Å². The molecule has 0 bridgehead atoms. The molecule has 2 aromatic rings. The number of carbonyl (C=O) groups is 2. The van der Waals surface area contributed by atoms with Crippen molar-refractivity contribution in [3.05, 3.63) is 46.2 Å². The Balaban J connectivity index is 2.26. The second-order valence-corrected chi connectivity index (χ2v) is 5.40. The molecule has 1 heterocycles. The van der Waals surface area contributed by atoms with Crippen molar-refractivity contribution in [2.24, 2.45) is 5.73 Å². The molecule has 0 saturated heterocycles. The zero-order chi connectivity index (χ0) is 14.7. The highest BCUT2D eigenvalue weighted by atomic mass is 32.1. The molecule has 1 aromatic carbocycles.